The molecule has 1 unspecified atom stereocenters. The minimum absolute atomic E-state index is 0. The molecule has 0 saturated carbocycles. The number of benzene rings is 1. The van der Waals surface area contributed by atoms with E-state index in [0.29, 0.717) is 6.04 Å². The summed E-state index contributed by atoms with van der Waals surface area (Å²) in [4.78, 5) is 14.6. The Morgan fingerprint density at radius 1 is 1.45 bits per heavy atom. The zero-order valence-electron chi connectivity index (χ0n) is 11.5. The van der Waals surface area contributed by atoms with Crippen LogP contribution in [-0.2, 0) is 0 Å². The van der Waals surface area contributed by atoms with Crippen LogP contribution < -0.4 is 5.32 Å². The standard InChI is InChI=1S/C15H18N2OS.ClH/c1-16-10-13-3-2-7-17(13)15(18)12-4-5-14-11(9-12)6-8-19-14;/h4-6,8-9,13,16H,2-3,7,10H2,1H3;1H. The molecule has 1 saturated heterocycles. The maximum Gasteiger partial charge on any atom is 0.254 e. The molecule has 5 heteroatoms. The first kappa shape index (κ1) is 15.3. The largest absolute Gasteiger partial charge is 0.334 e. The van der Waals surface area contributed by atoms with Gasteiger partial charge in [0.2, 0.25) is 0 Å². The number of carbonyl (C=O) groups is 1. The van der Waals surface area contributed by atoms with Gasteiger partial charge < -0.3 is 10.2 Å². The molecule has 1 N–H and O–H groups in total. The van der Waals surface area contributed by atoms with E-state index in [-0.39, 0.29) is 18.3 Å². The molecule has 1 amide bonds. The number of likely N-dealkylation sites (tertiary alicyclic amines) is 1. The zero-order valence-corrected chi connectivity index (χ0v) is 13.1. The van der Waals surface area contributed by atoms with Crippen molar-refractivity contribution in [3.63, 3.8) is 0 Å². The fourth-order valence-corrected chi connectivity index (χ4v) is 3.59. The third kappa shape index (κ3) is 2.82. The summed E-state index contributed by atoms with van der Waals surface area (Å²) in [7, 11) is 1.94. The second kappa shape index (κ2) is 6.57. The first-order valence-electron chi connectivity index (χ1n) is 6.72. The third-order valence-corrected chi connectivity index (χ3v) is 4.67. The minimum Gasteiger partial charge on any atom is -0.334 e. The van der Waals surface area contributed by atoms with Crippen LogP contribution >= 0.6 is 23.7 Å². The number of nitrogens with one attached hydrogen (secondary N) is 1. The Morgan fingerprint density at radius 2 is 2.30 bits per heavy atom. The van der Waals surface area contributed by atoms with Crippen molar-refractivity contribution >= 4 is 39.7 Å². The molecule has 0 spiro atoms. The van der Waals surface area contributed by atoms with E-state index in [1.807, 2.05) is 24.1 Å². The van der Waals surface area contributed by atoms with E-state index >= 15 is 0 Å². The topological polar surface area (TPSA) is 32.3 Å². The monoisotopic (exact) mass is 310 g/mol. The smallest absolute Gasteiger partial charge is 0.254 e. The van der Waals surface area contributed by atoms with Gasteiger partial charge >= 0.3 is 0 Å². The van der Waals surface area contributed by atoms with Crippen molar-refractivity contribution in [2.45, 2.75) is 18.9 Å². The Balaban J connectivity index is 0.00000147. The number of amides is 1. The number of hydrogen-bond donors (Lipinski definition) is 1. The summed E-state index contributed by atoms with van der Waals surface area (Å²) >= 11 is 1.71. The van der Waals surface area contributed by atoms with Crippen LogP contribution in [0.2, 0.25) is 0 Å². The molecule has 0 bridgehead atoms. The molecule has 3 rings (SSSR count). The Kier molecular flexibility index (Phi) is 5.02. The van der Waals surface area contributed by atoms with Crippen LogP contribution in [0, 0.1) is 0 Å². The van der Waals surface area contributed by atoms with Gasteiger partial charge in [0.15, 0.2) is 0 Å². The molecule has 3 nitrogen and oxygen atoms in total. The molecule has 1 aromatic carbocycles. The molecule has 20 heavy (non-hydrogen) atoms. The summed E-state index contributed by atoms with van der Waals surface area (Å²) in [5, 5.41) is 6.41. The van der Waals surface area contributed by atoms with Crippen molar-refractivity contribution in [3.05, 3.63) is 35.2 Å². The summed E-state index contributed by atoms with van der Waals surface area (Å²) < 4.78 is 1.24. The second-order valence-corrected chi connectivity index (χ2v) is 5.97. The van der Waals surface area contributed by atoms with Gasteiger partial charge in [-0.25, -0.2) is 0 Å². The number of rotatable bonds is 3. The Labute approximate surface area is 129 Å². The van der Waals surface area contributed by atoms with Crippen LogP contribution in [0.25, 0.3) is 10.1 Å². The van der Waals surface area contributed by atoms with Gasteiger partial charge in [0.1, 0.15) is 0 Å². The number of fused-ring (bicyclic) bond motifs is 1. The van der Waals surface area contributed by atoms with Crippen molar-refractivity contribution < 1.29 is 4.79 Å². The van der Waals surface area contributed by atoms with Crippen LogP contribution in [0.5, 0.6) is 0 Å². The second-order valence-electron chi connectivity index (χ2n) is 5.03. The van der Waals surface area contributed by atoms with E-state index in [4.69, 9.17) is 0 Å². The fourth-order valence-electron chi connectivity index (χ4n) is 2.82. The first-order chi connectivity index (χ1) is 9.29. The quantitative estimate of drug-likeness (QED) is 0.944. The predicted molar refractivity (Wildman–Crippen MR) is 87.1 cm³/mol. The van der Waals surface area contributed by atoms with Gasteiger partial charge in [-0.2, -0.15) is 0 Å². The molecule has 1 aliphatic heterocycles. The molecule has 2 aromatic rings. The Hall–Kier alpha value is -1.10. The van der Waals surface area contributed by atoms with Gasteiger partial charge in [-0.3, -0.25) is 4.79 Å². The summed E-state index contributed by atoms with van der Waals surface area (Å²) in [6.45, 7) is 1.76. The molecule has 0 aliphatic carbocycles. The number of nitrogens with zero attached hydrogens (tertiary/aromatic N) is 1. The molecule has 108 valence electrons. The summed E-state index contributed by atoms with van der Waals surface area (Å²) in [6.07, 6.45) is 2.21. The lowest BCUT2D eigenvalue weighted by molar-refractivity contribution is 0.0737. The highest BCUT2D eigenvalue weighted by Crippen LogP contribution is 2.24. The summed E-state index contributed by atoms with van der Waals surface area (Å²) in [5.41, 5.74) is 0.814. The van der Waals surface area contributed by atoms with E-state index in [9.17, 15) is 4.79 Å². The van der Waals surface area contributed by atoms with Crippen LogP contribution in [0.3, 0.4) is 0 Å². The molecule has 1 fully saturated rings. The summed E-state index contributed by atoms with van der Waals surface area (Å²) in [5.74, 6) is 0.172. The van der Waals surface area contributed by atoms with Crippen LogP contribution in [0.1, 0.15) is 23.2 Å². The maximum atomic E-state index is 12.6. The van der Waals surface area contributed by atoms with Gasteiger partial charge in [-0.1, -0.05) is 0 Å². The number of likely N-dealkylation sites (N-methyl/N-ethyl adjacent to an activating group) is 1. The van der Waals surface area contributed by atoms with Crippen LogP contribution in [-0.4, -0.2) is 37.0 Å². The zero-order chi connectivity index (χ0) is 13.2. The van der Waals surface area contributed by atoms with E-state index in [1.165, 1.54) is 10.1 Å². The Morgan fingerprint density at radius 3 is 3.10 bits per heavy atom. The van der Waals surface area contributed by atoms with E-state index in [2.05, 4.69) is 22.8 Å². The average molecular weight is 311 g/mol. The minimum atomic E-state index is 0. The normalized spacial score (nSPS) is 18.2. The van der Waals surface area contributed by atoms with Crippen molar-refractivity contribution in [2.75, 3.05) is 20.1 Å². The predicted octanol–water partition coefficient (Wildman–Crippen LogP) is 3.15. The Bertz CT molecular complexity index is 598. The van der Waals surface area contributed by atoms with Crippen molar-refractivity contribution in [2.24, 2.45) is 0 Å². The van der Waals surface area contributed by atoms with Gasteiger partial charge in [0.05, 0.1) is 0 Å². The van der Waals surface area contributed by atoms with Crippen LogP contribution in [0.15, 0.2) is 29.6 Å². The highest BCUT2D eigenvalue weighted by molar-refractivity contribution is 7.17. The molecule has 1 atom stereocenters. The molecular weight excluding hydrogens is 292 g/mol. The number of carbonyl (C=O) groups excluding carboxylic acids is 1. The molecular formula is C15H19ClN2OS. The third-order valence-electron chi connectivity index (χ3n) is 3.78. The number of halogens is 1. The molecule has 0 radical (unpaired) electrons. The van der Waals surface area contributed by atoms with E-state index in [1.54, 1.807) is 11.3 Å². The van der Waals surface area contributed by atoms with Crippen molar-refractivity contribution in [1.29, 1.82) is 0 Å². The molecule has 1 aliphatic rings. The van der Waals surface area contributed by atoms with Gasteiger partial charge in [-0.15, -0.1) is 23.7 Å². The van der Waals surface area contributed by atoms with Crippen molar-refractivity contribution in [1.82, 2.24) is 10.2 Å². The lowest BCUT2D eigenvalue weighted by Crippen LogP contribution is -2.40. The first-order valence-corrected chi connectivity index (χ1v) is 7.60. The SMILES string of the molecule is CNCC1CCCN1C(=O)c1ccc2sccc2c1.Cl. The van der Waals surface area contributed by atoms with Crippen molar-refractivity contribution in [3.8, 4) is 0 Å². The van der Waals surface area contributed by atoms with Gasteiger partial charge in [0.25, 0.3) is 5.91 Å². The van der Waals surface area contributed by atoms with Gasteiger partial charge in [0, 0.05) is 29.4 Å². The highest BCUT2D eigenvalue weighted by atomic mass is 35.5. The van der Waals surface area contributed by atoms with E-state index in [0.717, 1.165) is 31.5 Å². The highest BCUT2D eigenvalue weighted by Gasteiger charge is 2.28. The number of thiophene rings is 1. The molecule has 2 heterocycles. The molecule has 1 aromatic heterocycles. The summed E-state index contributed by atoms with van der Waals surface area (Å²) in [6, 6.07) is 8.44. The van der Waals surface area contributed by atoms with E-state index < -0.39 is 0 Å². The van der Waals surface area contributed by atoms with Crippen LogP contribution in [0.4, 0.5) is 0 Å². The fraction of sp³-hybridized carbons (Fsp3) is 0.400. The van der Waals surface area contributed by atoms with Gasteiger partial charge in [-0.05, 0) is 54.9 Å². The lowest BCUT2D eigenvalue weighted by atomic mass is 10.1. The average Bonchev–Trinajstić information content (AvgIpc) is 3.05. The lowest BCUT2D eigenvalue weighted by Gasteiger charge is -2.24. The number of hydrogen-bond acceptors (Lipinski definition) is 3. The maximum absolute atomic E-state index is 12.6.